The van der Waals surface area contributed by atoms with Gasteiger partial charge in [0.1, 0.15) is 0 Å². The van der Waals surface area contributed by atoms with Crippen LogP contribution in [0.2, 0.25) is 0 Å². The summed E-state index contributed by atoms with van der Waals surface area (Å²) in [7, 11) is 0. The molecular weight excluding hydrogens is 194 g/mol. The molecule has 1 rings (SSSR count). The van der Waals surface area contributed by atoms with Crippen molar-refractivity contribution in [2.24, 2.45) is 11.3 Å². The lowest BCUT2D eigenvalue weighted by atomic mass is 9.82. The van der Waals surface area contributed by atoms with Gasteiger partial charge in [-0.2, -0.15) is 0 Å². The van der Waals surface area contributed by atoms with E-state index in [1.165, 1.54) is 45.3 Å². The molecule has 0 unspecified atom stereocenters. The van der Waals surface area contributed by atoms with Crippen LogP contribution in [0.4, 0.5) is 0 Å². The molecule has 98 valence electrons. The standard InChI is InChI=1S/C13H27N.C2H6/c1-12(2)6-5-9-14-10-7-13(3,4)8-11-14;1-2/h12H,5-11H2,1-4H3;1-2H3. The highest BCUT2D eigenvalue weighted by molar-refractivity contribution is 4.78. The van der Waals surface area contributed by atoms with Gasteiger partial charge in [0, 0.05) is 0 Å². The van der Waals surface area contributed by atoms with Gasteiger partial charge in [-0.25, -0.2) is 0 Å². The SMILES string of the molecule is CC.CC(C)CCCN1CCC(C)(C)CC1. The van der Waals surface area contributed by atoms with Crippen molar-refractivity contribution in [2.45, 2.75) is 67.2 Å². The molecule has 0 amide bonds. The summed E-state index contributed by atoms with van der Waals surface area (Å²) < 4.78 is 0. The van der Waals surface area contributed by atoms with Crippen LogP contribution in [-0.2, 0) is 0 Å². The molecule has 0 aromatic carbocycles. The number of piperidine rings is 1. The summed E-state index contributed by atoms with van der Waals surface area (Å²) in [5.74, 6) is 0.872. The first kappa shape index (κ1) is 16.0. The van der Waals surface area contributed by atoms with Crippen LogP contribution in [-0.4, -0.2) is 24.5 Å². The number of nitrogens with zero attached hydrogens (tertiary/aromatic N) is 1. The minimum atomic E-state index is 0.606. The van der Waals surface area contributed by atoms with E-state index >= 15 is 0 Å². The van der Waals surface area contributed by atoms with Gasteiger partial charge in [0.2, 0.25) is 0 Å². The lowest BCUT2D eigenvalue weighted by Gasteiger charge is -2.37. The molecule has 0 spiro atoms. The van der Waals surface area contributed by atoms with Crippen molar-refractivity contribution in [3.05, 3.63) is 0 Å². The van der Waals surface area contributed by atoms with Gasteiger partial charge in [-0.15, -0.1) is 0 Å². The Bertz CT molecular complexity index is 151. The number of hydrogen-bond donors (Lipinski definition) is 0. The third-order valence-corrected chi connectivity index (χ3v) is 3.47. The molecule has 0 aromatic heterocycles. The lowest BCUT2D eigenvalue weighted by molar-refractivity contribution is 0.130. The summed E-state index contributed by atoms with van der Waals surface area (Å²) in [6.07, 6.45) is 5.54. The summed E-state index contributed by atoms with van der Waals surface area (Å²) in [5, 5.41) is 0. The smallest absolute Gasteiger partial charge is 0.00136 e. The zero-order chi connectivity index (χ0) is 12.6. The maximum absolute atomic E-state index is 2.65. The van der Waals surface area contributed by atoms with Gasteiger partial charge in [-0.3, -0.25) is 0 Å². The van der Waals surface area contributed by atoms with Gasteiger partial charge in [0.05, 0.1) is 0 Å². The van der Waals surface area contributed by atoms with E-state index in [9.17, 15) is 0 Å². The van der Waals surface area contributed by atoms with E-state index < -0.39 is 0 Å². The van der Waals surface area contributed by atoms with Gasteiger partial charge in [0.25, 0.3) is 0 Å². The molecule has 1 aliphatic rings. The van der Waals surface area contributed by atoms with Gasteiger partial charge in [-0.05, 0) is 56.7 Å². The molecule has 1 nitrogen and oxygen atoms in total. The van der Waals surface area contributed by atoms with Crippen LogP contribution in [0.25, 0.3) is 0 Å². The van der Waals surface area contributed by atoms with E-state index in [1.807, 2.05) is 13.8 Å². The second-order valence-electron chi connectivity index (χ2n) is 6.04. The van der Waals surface area contributed by atoms with Crippen LogP contribution in [0.15, 0.2) is 0 Å². The summed E-state index contributed by atoms with van der Waals surface area (Å²) in [5.41, 5.74) is 0.606. The zero-order valence-electron chi connectivity index (χ0n) is 12.5. The fourth-order valence-electron chi connectivity index (χ4n) is 2.11. The van der Waals surface area contributed by atoms with Crippen LogP contribution >= 0.6 is 0 Å². The predicted octanol–water partition coefficient (Wildman–Crippen LogP) is 4.57. The molecule has 0 radical (unpaired) electrons. The van der Waals surface area contributed by atoms with Crippen molar-refractivity contribution in [3.63, 3.8) is 0 Å². The Morgan fingerprint density at radius 1 is 1.06 bits per heavy atom. The van der Waals surface area contributed by atoms with Gasteiger partial charge < -0.3 is 4.90 Å². The highest BCUT2D eigenvalue weighted by Gasteiger charge is 2.24. The molecule has 1 fully saturated rings. The van der Waals surface area contributed by atoms with Crippen LogP contribution in [0.1, 0.15) is 67.2 Å². The van der Waals surface area contributed by atoms with Crippen molar-refractivity contribution < 1.29 is 0 Å². The fraction of sp³-hybridized carbons (Fsp3) is 1.00. The zero-order valence-corrected chi connectivity index (χ0v) is 12.5. The summed E-state index contributed by atoms with van der Waals surface area (Å²) in [6.45, 7) is 17.4. The number of hydrogen-bond acceptors (Lipinski definition) is 1. The third kappa shape index (κ3) is 7.27. The Morgan fingerprint density at radius 3 is 2.00 bits per heavy atom. The maximum Gasteiger partial charge on any atom is -0.00136 e. The van der Waals surface area contributed by atoms with E-state index in [0.29, 0.717) is 5.41 Å². The quantitative estimate of drug-likeness (QED) is 0.680. The van der Waals surface area contributed by atoms with Crippen LogP contribution in [0, 0.1) is 11.3 Å². The van der Waals surface area contributed by atoms with Gasteiger partial charge in [0.15, 0.2) is 0 Å². The normalized spacial score (nSPS) is 20.4. The van der Waals surface area contributed by atoms with Gasteiger partial charge >= 0.3 is 0 Å². The molecule has 16 heavy (non-hydrogen) atoms. The summed E-state index contributed by atoms with van der Waals surface area (Å²) >= 11 is 0. The van der Waals surface area contributed by atoms with E-state index in [2.05, 4.69) is 32.6 Å². The third-order valence-electron chi connectivity index (χ3n) is 3.47. The molecule has 0 aliphatic carbocycles. The maximum atomic E-state index is 2.65. The molecule has 0 bridgehead atoms. The number of rotatable bonds is 4. The van der Waals surface area contributed by atoms with Crippen LogP contribution < -0.4 is 0 Å². The average molecular weight is 227 g/mol. The van der Waals surface area contributed by atoms with Crippen molar-refractivity contribution in [1.82, 2.24) is 4.90 Å². The minimum absolute atomic E-state index is 0.606. The van der Waals surface area contributed by atoms with Crippen LogP contribution in [0.5, 0.6) is 0 Å². The first-order valence-electron chi connectivity index (χ1n) is 7.22. The topological polar surface area (TPSA) is 3.24 Å². The average Bonchev–Trinajstić information content (AvgIpc) is 2.23. The molecule has 1 saturated heterocycles. The van der Waals surface area contributed by atoms with Crippen molar-refractivity contribution in [1.29, 1.82) is 0 Å². The molecule has 0 atom stereocenters. The van der Waals surface area contributed by atoms with Crippen molar-refractivity contribution in [3.8, 4) is 0 Å². The Morgan fingerprint density at radius 2 is 1.56 bits per heavy atom. The Balaban J connectivity index is 0.00000106. The second kappa shape index (κ2) is 8.11. The Hall–Kier alpha value is -0.0400. The first-order chi connectivity index (χ1) is 7.49. The Kier molecular flexibility index (Phi) is 8.09. The molecule has 1 heteroatoms. The van der Waals surface area contributed by atoms with Crippen molar-refractivity contribution >= 4 is 0 Å². The number of likely N-dealkylation sites (tertiary alicyclic amines) is 1. The molecular formula is C15H33N. The van der Waals surface area contributed by atoms with Crippen LogP contribution in [0.3, 0.4) is 0 Å². The molecule has 0 N–H and O–H groups in total. The molecule has 0 aromatic rings. The summed E-state index contributed by atoms with van der Waals surface area (Å²) in [4.78, 5) is 2.65. The fourth-order valence-corrected chi connectivity index (χ4v) is 2.11. The molecule has 0 saturated carbocycles. The van der Waals surface area contributed by atoms with Gasteiger partial charge in [-0.1, -0.05) is 41.5 Å². The minimum Gasteiger partial charge on any atom is -0.303 e. The van der Waals surface area contributed by atoms with E-state index in [1.54, 1.807) is 0 Å². The highest BCUT2D eigenvalue weighted by atomic mass is 15.1. The highest BCUT2D eigenvalue weighted by Crippen LogP contribution is 2.29. The largest absolute Gasteiger partial charge is 0.303 e. The predicted molar refractivity (Wildman–Crippen MR) is 74.9 cm³/mol. The molecule has 1 heterocycles. The van der Waals surface area contributed by atoms with E-state index in [-0.39, 0.29) is 0 Å². The van der Waals surface area contributed by atoms with E-state index in [4.69, 9.17) is 0 Å². The Labute approximate surface area is 104 Å². The monoisotopic (exact) mass is 227 g/mol. The second-order valence-corrected chi connectivity index (χ2v) is 6.04. The van der Waals surface area contributed by atoms with Crippen molar-refractivity contribution in [2.75, 3.05) is 19.6 Å². The molecule has 1 aliphatic heterocycles. The van der Waals surface area contributed by atoms with E-state index in [0.717, 1.165) is 5.92 Å². The summed E-state index contributed by atoms with van der Waals surface area (Å²) in [6, 6.07) is 0. The first-order valence-corrected chi connectivity index (χ1v) is 7.22. The lowest BCUT2D eigenvalue weighted by Crippen LogP contribution is -2.37.